The molecular formula is C14H19N3O2. The van der Waals surface area contributed by atoms with Crippen molar-refractivity contribution in [2.75, 3.05) is 25.5 Å². The number of phenols is 1. The van der Waals surface area contributed by atoms with Gasteiger partial charge in [0.2, 0.25) is 0 Å². The van der Waals surface area contributed by atoms with Gasteiger partial charge in [-0.2, -0.15) is 0 Å². The SMILES string of the molecule is CN1CC[C@@]2(C)c3cc(O)ccc3N(C)C2NC1=O. The Balaban J connectivity index is 2.12. The van der Waals surface area contributed by atoms with Gasteiger partial charge in [0, 0.05) is 31.7 Å². The van der Waals surface area contributed by atoms with Gasteiger partial charge < -0.3 is 20.2 Å². The summed E-state index contributed by atoms with van der Waals surface area (Å²) in [4.78, 5) is 15.8. The van der Waals surface area contributed by atoms with Gasteiger partial charge in [0.25, 0.3) is 0 Å². The first-order chi connectivity index (χ1) is 8.93. The van der Waals surface area contributed by atoms with E-state index in [2.05, 4.69) is 17.1 Å². The van der Waals surface area contributed by atoms with E-state index in [1.165, 1.54) is 0 Å². The van der Waals surface area contributed by atoms with E-state index in [1.54, 1.807) is 11.0 Å². The number of phenolic OH excluding ortho intramolecular Hbond substituents is 1. The number of urea groups is 1. The lowest BCUT2D eigenvalue weighted by atomic mass is 9.79. The summed E-state index contributed by atoms with van der Waals surface area (Å²) in [7, 11) is 3.79. The number of amides is 2. The number of likely N-dealkylation sites (N-methyl/N-ethyl adjacent to an activating group) is 1. The van der Waals surface area contributed by atoms with Crippen LogP contribution in [0.25, 0.3) is 0 Å². The summed E-state index contributed by atoms with van der Waals surface area (Å²) in [5, 5.41) is 12.8. The molecule has 0 aliphatic carbocycles. The Bertz CT molecular complexity index is 545. The molecule has 1 aromatic carbocycles. The number of hydrogen-bond acceptors (Lipinski definition) is 3. The maximum atomic E-state index is 12.0. The van der Waals surface area contributed by atoms with Crippen LogP contribution < -0.4 is 10.2 Å². The smallest absolute Gasteiger partial charge is 0.318 e. The zero-order valence-electron chi connectivity index (χ0n) is 11.5. The number of carbonyl (C=O) groups is 1. The normalized spacial score (nSPS) is 29.6. The summed E-state index contributed by atoms with van der Waals surface area (Å²) in [5.74, 6) is 0.276. The van der Waals surface area contributed by atoms with Crippen LogP contribution >= 0.6 is 0 Å². The van der Waals surface area contributed by atoms with Gasteiger partial charge in [-0.25, -0.2) is 4.79 Å². The first-order valence-corrected chi connectivity index (χ1v) is 6.51. The van der Waals surface area contributed by atoms with Crippen LogP contribution in [0.2, 0.25) is 0 Å². The van der Waals surface area contributed by atoms with Gasteiger partial charge in [-0.3, -0.25) is 0 Å². The van der Waals surface area contributed by atoms with E-state index in [0.29, 0.717) is 6.54 Å². The molecule has 2 aliphatic rings. The molecule has 0 spiro atoms. The standard InChI is InChI=1S/C14H19N3O2/c1-14-6-7-16(2)13(19)15-12(14)17(3)11-5-4-9(18)8-10(11)14/h4-5,8,12,18H,6-7H2,1-3H3,(H,15,19)/t12?,14-/m0/s1. The summed E-state index contributed by atoms with van der Waals surface area (Å²) >= 11 is 0. The molecule has 2 N–H and O–H groups in total. The molecule has 1 saturated heterocycles. The van der Waals surface area contributed by atoms with E-state index < -0.39 is 0 Å². The molecule has 0 radical (unpaired) electrons. The number of hydrogen-bond donors (Lipinski definition) is 2. The average Bonchev–Trinajstić information content (AvgIpc) is 2.50. The molecule has 2 heterocycles. The molecule has 0 aromatic heterocycles. The topological polar surface area (TPSA) is 55.8 Å². The van der Waals surface area contributed by atoms with Gasteiger partial charge in [0.15, 0.2) is 0 Å². The average molecular weight is 261 g/mol. The van der Waals surface area contributed by atoms with Crippen molar-refractivity contribution in [3.8, 4) is 5.75 Å². The maximum Gasteiger partial charge on any atom is 0.318 e. The second-order valence-electron chi connectivity index (χ2n) is 5.75. The highest BCUT2D eigenvalue weighted by Crippen LogP contribution is 2.47. The number of nitrogens with zero attached hydrogens (tertiary/aromatic N) is 2. The Morgan fingerprint density at radius 2 is 2.16 bits per heavy atom. The number of fused-ring (bicyclic) bond motifs is 3. The third-order valence-corrected chi connectivity index (χ3v) is 4.54. The van der Waals surface area contributed by atoms with E-state index >= 15 is 0 Å². The second kappa shape index (κ2) is 3.79. The van der Waals surface area contributed by atoms with Gasteiger partial charge in [-0.1, -0.05) is 6.92 Å². The fourth-order valence-electron chi connectivity index (χ4n) is 3.26. The minimum Gasteiger partial charge on any atom is -0.508 e. The minimum absolute atomic E-state index is 0.0439. The number of benzene rings is 1. The number of aromatic hydroxyl groups is 1. The van der Waals surface area contributed by atoms with Crippen molar-refractivity contribution in [1.82, 2.24) is 10.2 Å². The Morgan fingerprint density at radius 1 is 1.42 bits per heavy atom. The van der Waals surface area contributed by atoms with Crippen molar-refractivity contribution in [2.45, 2.75) is 24.9 Å². The van der Waals surface area contributed by atoms with Crippen LogP contribution in [0.3, 0.4) is 0 Å². The lowest BCUT2D eigenvalue weighted by molar-refractivity contribution is 0.210. The van der Waals surface area contributed by atoms with Crippen molar-refractivity contribution in [3.05, 3.63) is 23.8 Å². The summed E-state index contributed by atoms with van der Waals surface area (Å²) in [6.07, 6.45) is 0.801. The van der Waals surface area contributed by atoms with Crippen LogP contribution in [0.15, 0.2) is 18.2 Å². The number of anilines is 1. The first-order valence-electron chi connectivity index (χ1n) is 6.51. The molecular weight excluding hydrogens is 242 g/mol. The molecule has 2 atom stereocenters. The van der Waals surface area contributed by atoms with Crippen molar-refractivity contribution in [3.63, 3.8) is 0 Å². The van der Waals surface area contributed by atoms with Crippen molar-refractivity contribution in [2.24, 2.45) is 0 Å². The van der Waals surface area contributed by atoms with Gasteiger partial charge in [-0.05, 0) is 30.2 Å². The van der Waals surface area contributed by atoms with E-state index in [-0.39, 0.29) is 23.4 Å². The maximum absolute atomic E-state index is 12.0. The molecule has 2 amide bonds. The zero-order valence-corrected chi connectivity index (χ0v) is 11.5. The molecule has 0 bridgehead atoms. The predicted molar refractivity (Wildman–Crippen MR) is 73.4 cm³/mol. The van der Waals surface area contributed by atoms with Crippen molar-refractivity contribution >= 4 is 11.7 Å². The van der Waals surface area contributed by atoms with Crippen LogP contribution in [-0.2, 0) is 5.41 Å². The molecule has 1 aromatic rings. The van der Waals surface area contributed by atoms with Gasteiger partial charge in [0.1, 0.15) is 11.9 Å². The molecule has 19 heavy (non-hydrogen) atoms. The molecule has 0 saturated carbocycles. The van der Waals surface area contributed by atoms with Gasteiger partial charge in [-0.15, -0.1) is 0 Å². The Labute approximate surface area is 112 Å². The highest BCUT2D eigenvalue weighted by molar-refractivity contribution is 5.77. The molecule has 102 valence electrons. The first kappa shape index (κ1) is 12.1. The molecule has 1 fully saturated rings. The summed E-state index contributed by atoms with van der Waals surface area (Å²) < 4.78 is 0. The van der Waals surface area contributed by atoms with E-state index in [9.17, 15) is 9.90 Å². The fraction of sp³-hybridized carbons (Fsp3) is 0.500. The number of carbonyl (C=O) groups excluding carboxylic acids is 1. The van der Waals surface area contributed by atoms with Crippen LogP contribution in [0, 0.1) is 0 Å². The third kappa shape index (κ3) is 1.57. The van der Waals surface area contributed by atoms with E-state index in [4.69, 9.17) is 0 Å². The molecule has 3 rings (SSSR count). The lowest BCUT2D eigenvalue weighted by Gasteiger charge is -2.33. The Kier molecular flexibility index (Phi) is 2.42. The molecule has 1 unspecified atom stereocenters. The lowest BCUT2D eigenvalue weighted by Crippen LogP contribution is -2.53. The zero-order chi connectivity index (χ0) is 13.8. The third-order valence-electron chi connectivity index (χ3n) is 4.54. The van der Waals surface area contributed by atoms with E-state index in [1.807, 2.05) is 26.2 Å². The summed E-state index contributed by atoms with van der Waals surface area (Å²) in [6, 6.07) is 5.39. The fourth-order valence-corrected chi connectivity index (χ4v) is 3.26. The molecule has 5 nitrogen and oxygen atoms in total. The Morgan fingerprint density at radius 3 is 2.89 bits per heavy atom. The van der Waals surface area contributed by atoms with Gasteiger partial charge >= 0.3 is 6.03 Å². The largest absolute Gasteiger partial charge is 0.508 e. The van der Waals surface area contributed by atoms with E-state index in [0.717, 1.165) is 17.7 Å². The number of rotatable bonds is 0. The Hall–Kier alpha value is -1.91. The van der Waals surface area contributed by atoms with Crippen molar-refractivity contribution < 1.29 is 9.90 Å². The highest BCUT2D eigenvalue weighted by Gasteiger charge is 2.49. The quantitative estimate of drug-likeness (QED) is 0.743. The van der Waals surface area contributed by atoms with Gasteiger partial charge in [0.05, 0.1) is 0 Å². The van der Waals surface area contributed by atoms with Crippen LogP contribution in [0.5, 0.6) is 5.75 Å². The minimum atomic E-state index is -0.177. The van der Waals surface area contributed by atoms with Crippen LogP contribution in [0.1, 0.15) is 18.9 Å². The highest BCUT2D eigenvalue weighted by atomic mass is 16.3. The second-order valence-corrected chi connectivity index (χ2v) is 5.75. The molecule has 5 heteroatoms. The van der Waals surface area contributed by atoms with Crippen molar-refractivity contribution in [1.29, 1.82) is 0 Å². The predicted octanol–water partition coefficient (Wildman–Crippen LogP) is 1.47. The summed E-state index contributed by atoms with van der Waals surface area (Å²) in [5.41, 5.74) is 2.01. The summed E-state index contributed by atoms with van der Waals surface area (Å²) in [6.45, 7) is 2.86. The number of nitrogens with one attached hydrogen (secondary N) is 1. The monoisotopic (exact) mass is 261 g/mol. The van der Waals surface area contributed by atoms with Crippen LogP contribution in [-0.4, -0.2) is 42.8 Å². The van der Waals surface area contributed by atoms with Crippen LogP contribution in [0.4, 0.5) is 10.5 Å². The molecule has 2 aliphatic heterocycles.